The predicted molar refractivity (Wildman–Crippen MR) is 229 cm³/mol. The van der Waals surface area contributed by atoms with Gasteiger partial charge in [0.1, 0.15) is 24.4 Å². The van der Waals surface area contributed by atoms with Crippen LogP contribution in [0.1, 0.15) is 105 Å². The van der Waals surface area contributed by atoms with Crippen molar-refractivity contribution in [1.29, 1.82) is 0 Å². The van der Waals surface area contributed by atoms with Crippen molar-refractivity contribution in [2.75, 3.05) is 26.4 Å². The SMILES string of the molecule is CC1C[C@@]2(C)CCC3[C@](C)(C(=O)OC(O)/C(O)=C(/O)C(O)CCO)CCC[C@@]3(C)[C@@H]2CCC1OC(O)/C(OC(O)/C(O)=C(\O)C(O)CCO)=C(/OC(O)/C(O)=C(/O)C(O)CCO)C(O)CCO. The summed E-state index contributed by atoms with van der Waals surface area (Å²) in [7, 11) is 0. The zero-order chi connectivity index (χ0) is 50.8. The van der Waals surface area contributed by atoms with Gasteiger partial charge in [-0.2, -0.15) is 0 Å². The zero-order valence-corrected chi connectivity index (χ0v) is 38.3. The van der Waals surface area contributed by atoms with E-state index < -0.39 is 170 Å². The quantitative estimate of drug-likeness (QED) is 0.0354. The number of hydrogen-bond acceptors (Lipinski definition) is 23. The van der Waals surface area contributed by atoms with Gasteiger partial charge in [-0.1, -0.05) is 27.2 Å². The summed E-state index contributed by atoms with van der Waals surface area (Å²) in [4.78, 5) is 14.0. The van der Waals surface area contributed by atoms with Crippen LogP contribution < -0.4 is 0 Å². The molecule has 0 aromatic carbocycles. The second-order valence-corrected chi connectivity index (χ2v) is 18.7. The van der Waals surface area contributed by atoms with Gasteiger partial charge < -0.3 is 111 Å². The van der Waals surface area contributed by atoms with Gasteiger partial charge in [0, 0.05) is 52.1 Å². The average Bonchev–Trinajstić information content (AvgIpc) is 3.40. The van der Waals surface area contributed by atoms with Crippen LogP contribution in [0.5, 0.6) is 0 Å². The molecule has 0 aromatic heterocycles. The van der Waals surface area contributed by atoms with E-state index >= 15 is 0 Å². The number of fused-ring (bicyclic) bond motifs is 3. The van der Waals surface area contributed by atoms with Crippen LogP contribution in [0, 0.1) is 34.0 Å². The maximum Gasteiger partial charge on any atom is 0.314 e. The summed E-state index contributed by atoms with van der Waals surface area (Å²) in [6.45, 7) is 5.08. The van der Waals surface area contributed by atoms with Crippen molar-refractivity contribution in [2.24, 2.45) is 34.0 Å². The number of hydrogen-bond donors (Lipinski definition) is 18. The van der Waals surface area contributed by atoms with Gasteiger partial charge in [0.25, 0.3) is 18.9 Å². The van der Waals surface area contributed by atoms with Crippen molar-refractivity contribution in [3.05, 3.63) is 46.1 Å². The van der Waals surface area contributed by atoms with Gasteiger partial charge in [0.15, 0.2) is 28.8 Å². The van der Waals surface area contributed by atoms with Crippen LogP contribution in [0.3, 0.4) is 0 Å². The largest absolute Gasteiger partial charge is 0.506 e. The van der Waals surface area contributed by atoms with Crippen LogP contribution in [-0.4, -0.2) is 180 Å². The molecule has 0 saturated heterocycles. The molecule has 23 nitrogen and oxygen atoms in total. The maximum absolute atomic E-state index is 14.0. The third-order valence-electron chi connectivity index (χ3n) is 14.1. The molecule has 67 heavy (non-hydrogen) atoms. The smallest absolute Gasteiger partial charge is 0.314 e. The van der Waals surface area contributed by atoms with Crippen molar-refractivity contribution in [3.8, 4) is 0 Å². The van der Waals surface area contributed by atoms with Crippen LogP contribution in [0.2, 0.25) is 0 Å². The lowest BCUT2D eigenvalue weighted by atomic mass is 9.42. The van der Waals surface area contributed by atoms with E-state index in [9.17, 15) is 86.5 Å². The molecule has 3 saturated carbocycles. The maximum atomic E-state index is 14.0. The van der Waals surface area contributed by atoms with E-state index in [0.29, 0.717) is 44.9 Å². The van der Waals surface area contributed by atoms with Gasteiger partial charge in [-0.15, -0.1) is 0 Å². The molecule has 3 fully saturated rings. The van der Waals surface area contributed by atoms with Gasteiger partial charge in [-0.05, 0) is 80.5 Å². The van der Waals surface area contributed by atoms with Crippen LogP contribution in [0.15, 0.2) is 46.1 Å². The van der Waals surface area contributed by atoms with E-state index in [-0.39, 0.29) is 30.6 Å². The van der Waals surface area contributed by atoms with Gasteiger partial charge in [-0.25, -0.2) is 0 Å². The second kappa shape index (κ2) is 24.7. The Kier molecular flexibility index (Phi) is 21.3. The summed E-state index contributed by atoms with van der Waals surface area (Å²) in [5.74, 6) is -11.5. The molecular weight excluding hydrogens is 896 g/mol. The Labute approximate surface area is 388 Å². The molecule has 3 aliphatic rings. The highest BCUT2D eigenvalue weighted by molar-refractivity contribution is 5.77. The normalized spacial score (nSPS) is 31.8. The topological polar surface area (TPSA) is 418 Å². The van der Waals surface area contributed by atoms with E-state index in [2.05, 4.69) is 13.8 Å². The predicted octanol–water partition coefficient (Wildman–Crippen LogP) is 0.438. The third-order valence-corrected chi connectivity index (χ3v) is 14.1. The molecule has 388 valence electrons. The molecule has 3 aliphatic carbocycles. The minimum atomic E-state index is -2.70. The minimum Gasteiger partial charge on any atom is -0.506 e. The van der Waals surface area contributed by atoms with Gasteiger partial charge in [0.05, 0.1) is 11.5 Å². The average molecular weight is 971 g/mol. The number of ether oxygens (including phenoxy) is 4. The van der Waals surface area contributed by atoms with Crippen molar-refractivity contribution < 1.29 is 116 Å². The first-order valence-corrected chi connectivity index (χ1v) is 22.5. The zero-order valence-electron chi connectivity index (χ0n) is 38.3. The molecule has 11 unspecified atom stereocenters. The molecule has 3 rings (SSSR count). The molecule has 0 radical (unpaired) electrons. The molecule has 0 aromatic rings. The Morgan fingerprint density at radius 1 is 0.522 bits per heavy atom. The number of carbonyl (C=O) groups excluding carboxylic acids is 1. The van der Waals surface area contributed by atoms with E-state index in [4.69, 9.17) is 29.2 Å². The fourth-order valence-corrected chi connectivity index (χ4v) is 10.6. The molecule has 18 N–H and O–H groups in total. The molecule has 23 heteroatoms. The molecule has 0 amide bonds. The first-order valence-electron chi connectivity index (χ1n) is 22.5. The van der Waals surface area contributed by atoms with Gasteiger partial charge in [-0.3, -0.25) is 4.79 Å². The molecule has 0 spiro atoms. The van der Waals surface area contributed by atoms with Crippen LogP contribution in [-0.2, 0) is 23.7 Å². The number of aliphatic hydroxyl groups excluding tert-OH is 18. The Balaban J connectivity index is 2.04. The fraction of sp³-hybridized carbons (Fsp3) is 0.795. The van der Waals surface area contributed by atoms with Crippen LogP contribution in [0.25, 0.3) is 0 Å². The molecule has 15 atom stereocenters. The summed E-state index contributed by atoms with van der Waals surface area (Å²) in [6.07, 6.45) is -16.8. The van der Waals surface area contributed by atoms with Gasteiger partial charge >= 0.3 is 5.97 Å². The van der Waals surface area contributed by atoms with E-state index in [0.717, 1.165) is 0 Å². The lowest BCUT2D eigenvalue weighted by Crippen LogP contribution is -2.57. The van der Waals surface area contributed by atoms with Gasteiger partial charge in [0.2, 0.25) is 23.6 Å². The summed E-state index contributed by atoms with van der Waals surface area (Å²) in [6, 6.07) is 0. The highest BCUT2D eigenvalue weighted by Crippen LogP contribution is 2.67. The Morgan fingerprint density at radius 3 is 1.42 bits per heavy atom. The molecular formula is C44H74O23. The summed E-state index contributed by atoms with van der Waals surface area (Å²) >= 11 is 0. The molecule has 0 aliphatic heterocycles. The first-order chi connectivity index (χ1) is 31.3. The number of esters is 1. The highest BCUT2D eigenvalue weighted by Gasteiger charge is 2.62. The summed E-state index contributed by atoms with van der Waals surface area (Å²) in [5, 5.41) is 185. The lowest BCUT2D eigenvalue weighted by Gasteiger charge is -2.62. The summed E-state index contributed by atoms with van der Waals surface area (Å²) in [5.41, 5.74) is -2.13. The monoisotopic (exact) mass is 970 g/mol. The number of aliphatic hydroxyl groups is 18. The van der Waals surface area contributed by atoms with E-state index in [1.165, 1.54) is 0 Å². The Bertz CT molecular complexity index is 1750. The van der Waals surface area contributed by atoms with Crippen LogP contribution in [0.4, 0.5) is 0 Å². The Hall–Kier alpha value is -3.69. The van der Waals surface area contributed by atoms with Crippen molar-refractivity contribution in [1.82, 2.24) is 0 Å². The van der Waals surface area contributed by atoms with Crippen molar-refractivity contribution in [3.63, 3.8) is 0 Å². The standard InChI is InChI=1S/C44H74O23/c1-21-20-42(2)15-8-28-43(3,13-5-14-44(28,4)41(63)67-39(61)34(58)31(55)24(51)11-18-47)27(42)7-6-26(21)64-40(62)36(66-38(60)33(57)30(54)23(50)10-17-46)35(25(52)12-19-48)65-37(59)32(56)29(53)22(49)9-16-45/h21-28,37-40,45-62H,5-20H2,1-4H3/b32-29-,33-30+,34-31-,36-35-/t21?,22?,23?,24?,25?,26?,27-,28?,37?,38?,39?,40?,42-,43+,44-/m1/s1. The Morgan fingerprint density at radius 2 is 0.955 bits per heavy atom. The molecule has 0 bridgehead atoms. The molecule has 0 heterocycles. The minimum absolute atomic E-state index is 0.109. The number of rotatable bonds is 24. The van der Waals surface area contributed by atoms with Crippen molar-refractivity contribution >= 4 is 5.97 Å². The number of carbonyl (C=O) groups is 1. The van der Waals surface area contributed by atoms with Crippen molar-refractivity contribution in [2.45, 2.75) is 160 Å². The highest BCUT2D eigenvalue weighted by atomic mass is 16.7. The second-order valence-electron chi connectivity index (χ2n) is 18.7. The van der Waals surface area contributed by atoms with Crippen LogP contribution >= 0.6 is 0 Å². The lowest BCUT2D eigenvalue weighted by molar-refractivity contribution is -0.200. The van der Waals surface area contributed by atoms with E-state index in [1.54, 1.807) is 6.92 Å². The first kappa shape index (κ1) is 57.6. The summed E-state index contributed by atoms with van der Waals surface area (Å²) < 4.78 is 22.2. The fourth-order valence-electron chi connectivity index (χ4n) is 10.6. The van der Waals surface area contributed by atoms with E-state index in [1.807, 2.05) is 6.92 Å². The third kappa shape index (κ3) is 13.3.